The molecule has 0 spiro atoms. The van der Waals surface area contributed by atoms with Gasteiger partial charge in [-0.3, -0.25) is 9.69 Å². The van der Waals surface area contributed by atoms with E-state index in [0.717, 1.165) is 5.56 Å². The molecule has 2 N–H and O–H groups in total. The predicted molar refractivity (Wildman–Crippen MR) is 76.1 cm³/mol. The molecule has 1 heterocycles. The van der Waals surface area contributed by atoms with Crippen LogP contribution < -0.4 is 5.73 Å². The number of hydrogen-bond donors (Lipinski definition) is 1. The third-order valence-corrected chi connectivity index (χ3v) is 4.71. The molecule has 0 bridgehead atoms. The number of nitrogens with zero attached hydrogens (tertiary/aromatic N) is 1. The van der Waals surface area contributed by atoms with Gasteiger partial charge in [0.25, 0.3) is 0 Å². The highest BCUT2D eigenvalue weighted by molar-refractivity contribution is 5.94. The monoisotopic (exact) mass is 258 g/mol. The topological polar surface area (TPSA) is 46.3 Å². The number of nitrogens with two attached hydrogens (primary N) is 1. The molecule has 102 valence electrons. The number of likely N-dealkylation sites (tertiary alicyclic amines) is 1. The van der Waals surface area contributed by atoms with E-state index >= 15 is 0 Å². The summed E-state index contributed by atoms with van der Waals surface area (Å²) in [6.45, 7) is 2.44. The van der Waals surface area contributed by atoms with Crippen LogP contribution in [-0.4, -0.2) is 29.9 Å². The van der Waals surface area contributed by atoms with Gasteiger partial charge in [0, 0.05) is 17.5 Å². The Balaban J connectivity index is 1.90. The second kappa shape index (κ2) is 5.33. The van der Waals surface area contributed by atoms with Crippen molar-refractivity contribution in [3.8, 4) is 0 Å². The number of hydrogen-bond acceptors (Lipinski definition) is 2. The highest BCUT2D eigenvalue weighted by Gasteiger charge is 2.35. The average molecular weight is 258 g/mol. The first-order valence-corrected chi connectivity index (χ1v) is 7.40. The maximum Gasteiger partial charge on any atom is 0.248 e. The molecule has 3 rings (SSSR count). The summed E-state index contributed by atoms with van der Waals surface area (Å²) in [5.74, 6) is 0.199. The van der Waals surface area contributed by atoms with Crippen LogP contribution in [0.5, 0.6) is 0 Å². The van der Waals surface area contributed by atoms with Crippen LogP contribution >= 0.6 is 0 Å². The maximum absolute atomic E-state index is 11.6. The van der Waals surface area contributed by atoms with Crippen LogP contribution in [0.15, 0.2) is 24.3 Å². The van der Waals surface area contributed by atoms with E-state index in [2.05, 4.69) is 11.0 Å². The Kier molecular flexibility index (Phi) is 3.56. The van der Waals surface area contributed by atoms with Crippen molar-refractivity contribution >= 4 is 5.91 Å². The van der Waals surface area contributed by atoms with Crippen molar-refractivity contribution in [2.75, 3.05) is 13.1 Å². The Morgan fingerprint density at radius 1 is 1.11 bits per heavy atom. The van der Waals surface area contributed by atoms with Crippen LogP contribution in [-0.2, 0) is 0 Å². The van der Waals surface area contributed by atoms with Crippen LogP contribution in [0.1, 0.15) is 53.9 Å². The molecule has 0 radical (unpaired) electrons. The molecule has 1 aliphatic heterocycles. The number of carbonyl (C=O) groups is 1. The molecule has 1 aromatic rings. The quantitative estimate of drug-likeness (QED) is 0.905. The smallest absolute Gasteiger partial charge is 0.248 e. The molecule has 2 fully saturated rings. The molecule has 1 saturated heterocycles. The van der Waals surface area contributed by atoms with Crippen LogP contribution in [0.4, 0.5) is 0 Å². The molecular weight excluding hydrogens is 236 g/mol. The number of amides is 1. The van der Waals surface area contributed by atoms with Gasteiger partial charge in [-0.15, -0.1) is 0 Å². The van der Waals surface area contributed by atoms with Gasteiger partial charge in [0.15, 0.2) is 0 Å². The first-order valence-electron chi connectivity index (χ1n) is 7.40. The van der Waals surface area contributed by atoms with Crippen LogP contribution in [0.2, 0.25) is 0 Å². The fourth-order valence-corrected chi connectivity index (χ4v) is 3.86. The lowest BCUT2D eigenvalue weighted by atomic mass is 9.89. The van der Waals surface area contributed by atoms with Crippen molar-refractivity contribution in [1.29, 1.82) is 0 Å². The van der Waals surface area contributed by atoms with Gasteiger partial charge >= 0.3 is 0 Å². The van der Waals surface area contributed by atoms with Gasteiger partial charge in [0.05, 0.1) is 0 Å². The summed E-state index contributed by atoms with van der Waals surface area (Å²) in [6, 6.07) is 8.52. The fraction of sp³-hybridized carbons (Fsp3) is 0.562. The number of rotatable bonds is 3. The molecule has 2 aliphatic rings. The number of carbonyl (C=O) groups excluding carboxylic acids is 1. The number of primary amides is 1. The molecule has 0 aromatic heterocycles. The molecular formula is C16H22N2O. The van der Waals surface area contributed by atoms with Crippen LogP contribution in [0.3, 0.4) is 0 Å². The largest absolute Gasteiger partial charge is 0.366 e. The molecule has 2 atom stereocenters. The Bertz CT molecular complexity index is 466. The van der Waals surface area contributed by atoms with E-state index in [1.54, 1.807) is 0 Å². The highest BCUT2D eigenvalue weighted by atomic mass is 16.1. The average Bonchev–Trinajstić information content (AvgIpc) is 3.09. The van der Waals surface area contributed by atoms with Crippen molar-refractivity contribution < 1.29 is 4.79 Å². The van der Waals surface area contributed by atoms with E-state index in [1.807, 2.05) is 18.2 Å². The molecule has 1 amide bonds. The van der Waals surface area contributed by atoms with Gasteiger partial charge < -0.3 is 5.73 Å². The minimum Gasteiger partial charge on any atom is -0.366 e. The SMILES string of the molecule is NC(=O)c1ccccc1C1CCCC1N1CCCC1. The standard InChI is InChI=1S/C16H22N2O/c17-16(19)14-7-2-1-6-12(14)13-8-5-9-15(13)18-10-3-4-11-18/h1-2,6-7,13,15H,3-5,8-11H2,(H2,17,19). The zero-order valence-electron chi connectivity index (χ0n) is 11.3. The fourth-order valence-electron chi connectivity index (χ4n) is 3.86. The van der Waals surface area contributed by atoms with Crippen molar-refractivity contribution in [3.05, 3.63) is 35.4 Å². The molecule has 2 unspecified atom stereocenters. The Hall–Kier alpha value is -1.35. The van der Waals surface area contributed by atoms with E-state index in [0.29, 0.717) is 12.0 Å². The molecule has 19 heavy (non-hydrogen) atoms. The molecule has 1 aromatic carbocycles. The summed E-state index contributed by atoms with van der Waals surface area (Å²) in [5.41, 5.74) is 7.42. The summed E-state index contributed by atoms with van der Waals surface area (Å²) in [7, 11) is 0. The first-order chi connectivity index (χ1) is 9.27. The van der Waals surface area contributed by atoms with E-state index in [4.69, 9.17) is 5.73 Å². The lowest BCUT2D eigenvalue weighted by Crippen LogP contribution is -2.35. The minimum absolute atomic E-state index is 0.289. The summed E-state index contributed by atoms with van der Waals surface area (Å²) in [5, 5.41) is 0. The summed E-state index contributed by atoms with van der Waals surface area (Å²) in [4.78, 5) is 14.2. The highest BCUT2D eigenvalue weighted by Crippen LogP contribution is 2.40. The zero-order chi connectivity index (χ0) is 13.2. The first kappa shape index (κ1) is 12.7. The van der Waals surface area contributed by atoms with Crippen LogP contribution in [0, 0.1) is 0 Å². The van der Waals surface area contributed by atoms with Gasteiger partial charge in [0.1, 0.15) is 0 Å². The van der Waals surface area contributed by atoms with Gasteiger partial charge in [0.2, 0.25) is 5.91 Å². The van der Waals surface area contributed by atoms with Crippen molar-refractivity contribution in [1.82, 2.24) is 4.90 Å². The van der Waals surface area contributed by atoms with E-state index in [9.17, 15) is 4.79 Å². The van der Waals surface area contributed by atoms with Crippen molar-refractivity contribution in [2.24, 2.45) is 5.73 Å². The Labute approximate surface area is 114 Å². The van der Waals surface area contributed by atoms with Gasteiger partial charge in [-0.2, -0.15) is 0 Å². The molecule has 3 nitrogen and oxygen atoms in total. The van der Waals surface area contributed by atoms with Crippen molar-refractivity contribution in [3.63, 3.8) is 0 Å². The summed E-state index contributed by atoms with van der Waals surface area (Å²) in [6.07, 6.45) is 6.35. The minimum atomic E-state index is -0.289. The maximum atomic E-state index is 11.6. The van der Waals surface area contributed by atoms with E-state index in [-0.39, 0.29) is 5.91 Å². The second-order valence-corrected chi connectivity index (χ2v) is 5.80. The van der Waals surface area contributed by atoms with Crippen molar-refractivity contribution in [2.45, 2.75) is 44.1 Å². The zero-order valence-corrected chi connectivity index (χ0v) is 11.3. The van der Waals surface area contributed by atoms with Crippen LogP contribution in [0.25, 0.3) is 0 Å². The second-order valence-electron chi connectivity index (χ2n) is 5.80. The molecule has 1 saturated carbocycles. The van der Waals surface area contributed by atoms with Gasteiger partial charge in [-0.1, -0.05) is 24.6 Å². The van der Waals surface area contributed by atoms with E-state index in [1.165, 1.54) is 50.8 Å². The number of benzene rings is 1. The summed E-state index contributed by atoms with van der Waals surface area (Å²) >= 11 is 0. The molecule has 1 aliphatic carbocycles. The summed E-state index contributed by atoms with van der Waals surface area (Å²) < 4.78 is 0. The lowest BCUT2D eigenvalue weighted by Gasteiger charge is -2.30. The van der Waals surface area contributed by atoms with Gasteiger partial charge in [-0.05, 0) is 50.4 Å². The van der Waals surface area contributed by atoms with Gasteiger partial charge in [-0.25, -0.2) is 0 Å². The molecule has 3 heteroatoms. The third-order valence-electron chi connectivity index (χ3n) is 4.71. The van der Waals surface area contributed by atoms with E-state index < -0.39 is 0 Å². The Morgan fingerprint density at radius 3 is 2.58 bits per heavy atom. The lowest BCUT2D eigenvalue weighted by molar-refractivity contribution is 0.0998. The third kappa shape index (κ3) is 2.39. The predicted octanol–water partition coefficient (Wildman–Crippen LogP) is 2.52. The Morgan fingerprint density at radius 2 is 1.84 bits per heavy atom. The normalized spacial score (nSPS) is 27.8.